The number of amides is 1. The average molecular weight is 503 g/mol. The fourth-order valence-electron chi connectivity index (χ4n) is 4.16. The zero-order chi connectivity index (χ0) is 26.0. The summed E-state index contributed by atoms with van der Waals surface area (Å²) in [6.07, 6.45) is 1.14. The second-order valence-electron chi connectivity index (χ2n) is 8.46. The van der Waals surface area contributed by atoms with Crippen LogP contribution in [0.4, 0.5) is 5.69 Å². The van der Waals surface area contributed by atoms with Gasteiger partial charge in [0.2, 0.25) is 0 Å². The number of methoxy groups -OCH3 is 1. The zero-order valence-corrected chi connectivity index (χ0v) is 21.2. The van der Waals surface area contributed by atoms with Crippen molar-refractivity contribution in [1.82, 2.24) is 4.57 Å². The summed E-state index contributed by atoms with van der Waals surface area (Å²) >= 11 is 0. The molecule has 4 rings (SSSR count). The number of nitrogens with one attached hydrogen (secondary N) is 1. The van der Waals surface area contributed by atoms with Gasteiger partial charge < -0.3 is 14.6 Å². The Morgan fingerprint density at radius 3 is 2.14 bits per heavy atom. The summed E-state index contributed by atoms with van der Waals surface area (Å²) in [6.45, 7) is 3.81. The number of rotatable bonds is 6. The molecule has 0 spiro atoms. The molecular weight excluding hydrogens is 476 g/mol. The van der Waals surface area contributed by atoms with Gasteiger partial charge >= 0.3 is 5.97 Å². The number of aromatic nitrogens is 1. The molecule has 0 aliphatic rings. The van der Waals surface area contributed by atoms with Crippen LogP contribution in [-0.2, 0) is 14.6 Å². The van der Waals surface area contributed by atoms with E-state index in [1.165, 1.54) is 19.2 Å². The van der Waals surface area contributed by atoms with Crippen LogP contribution in [0.1, 0.15) is 32.1 Å². The smallest absolute Gasteiger partial charge is 0.337 e. The maximum Gasteiger partial charge on any atom is 0.337 e. The Hall–Kier alpha value is -4.17. The van der Waals surface area contributed by atoms with Crippen molar-refractivity contribution in [1.29, 1.82) is 0 Å². The fraction of sp³-hybridized carbons (Fsp3) is 0.143. The van der Waals surface area contributed by atoms with Crippen LogP contribution >= 0.6 is 0 Å². The SMILES string of the molecule is COC(=O)c1ccc(-c2ccccc2-n2c(C)cc(C(=O)Nc3ccc(S(C)(=O)=O)cc3)c2C)cc1. The number of aryl methyl sites for hydroxylation is 1. The number of benzene rings is 3. The lowest BCUT2D eigenvalue weighted by atomic mass is 10.0. The Morgan fingerprint density at radius 2 is 1.53 bits per heavy atom. The maximum atomic E-state index is 13.1. The van der Waals surface area contributed by atoms with Gasteiger partial charge in [-0.15, -0.1) is 0 Å². The van der Waals surface area contributed by atoms with Gasteiger partial charge in [0.05, 0.1) is 28.8 Å². The normalized spacial score (nSPS) is 11.2. The molecule has 0 radical (unpaired) electrons. The minimum atomic E-state index is -3.31. The number of para-hydroxylation sites is 1. The van der Waals surface area contributed by atoms with Gasteiger partial charge in [-0.2, -0.15) is 0 Å². The first-order valence-corrected chi connectivity index (χ1v) is 13.1. The van der Waals surface area contributed by atoms with E-state index in [4.69, 9.17) is 4.74 Å². The van der Waals surface area contributed by atoms with Crippen molar-refractivity contribution in [2.75, 3.05) is 18.7 Å². The van der Waals surface area contributed by atoms with Crippen molar-refractivity contribution >= 4 is 27.4 Å². The summed E-state index contributed by atoms with van der Waals surface area (Å²) in [4.78, 5) is 25.1. The van der Waals surface area contributed by atoms with Crippen LogP contribution in [0.25, 0.3) is 16.8 Å². The molecule has 0 bridgehead atoms. The molecule has 184 valence electrons. The van der Waals surface area contributed by atoms with Gasteiger partial charge in [-0.1, -0.05) is 30.3 Å². The minimum Gasteiger partial charge on any atom is -0.465 e. The van der Waals surface area contributed by atoms with Crippen LogP contribution in [0.3, 0.4) is 0 Å². The molecule has 0 fully saturated rings. The van der Waals surface area contributed by atoms with Crippen LogP contribution in [0, 0.1) is 13.8 Å². The summed E-state index contributed by atoms with van der Waals surface area (Å²) in [5, 5.41) is 2.85. The Labute approximate surface area is 210 Å². The largest absolute Gasteiger partial charge is 0.465 e. The quantitative estimate of drug-likeness (QED) is 0.366. The molecule has 1 heterocycles. The number of esters is 1. The summed E-state index contributed by atoms with van der Waals surface area (Å²) < 4.78 is 30.2. The topological polar surface area (TPSA) is 94.5 Å². The Balaban J connectivity index is 1.67. The van der Waals surface area contributed by atoms with Crippen LogP contribution in [0.5, 0.6) is 0 Å². The van der Waals surface area contributed by atoms with E-state index in [1.54, 1.807) is 24.3 Å². The summed E-state index contributed by atoms with van der Waals surface area (Å²) in [7, 11) is -1.97. The lowest BCUT2D eigenvalue weighted by Gasteiger charge is -2.15. The van der Waals surface area contributed by atoms with Crippen molar-refractivity contribution in [3.05, 3.63) is 101 Å². The number of ether oxygens (including phenoxy) is 1. The number of hydrogen-bond acceptors (Lipinski definition) is 5. The predicted molar refractivity (Wildman–Crippen MR) is 140 cm³/mol. The molecule has 8 heteroatoms. The molecule has 7 nitrogen and oxygen atoms in total. The number of anilines is 1. The highest BCUT2D eigenvalue weighted by Crippen LogP contribution is 2.31. The van der Waals surface area contributed by atoms with Crippen LogP contribution < -0.4 is 5.32 Å². The third-order valence-electron chi connectivity index (χ3n) is 5.98. The number of nitrogens with zero attached hydrogens (tertiary/aromatic N) is 1. The molecule has 1 N–H and O–H groups in total. The second kappa shape index (κ2) is 9.83. The average Bonchev–Trinajstić information content (AvgIpc) is 3.17. The predicted octanol–water partition coefficient (Wildman–Crippen LogP) is 5.20. The van der Waals surface area contributed by atoms with Gasteiger partial charge in [-0.3, -0.25) is 4.79 Å². The van der Waals surface area contributed by atoms with E-state index >= 15 is 0 Å². The van der Waals surface area contributed by atoms with Crippen LogP contribution in [-0.4, -0.2) is 38.2 Å². The van der Waals surface area contributed by atoms with Gasteiger partial charge in [0.1, 0.15) is 0 Å². The monoisotopic (exact) mass is 502 g/mol. The van der Waals surface area contributed by atoms with Crippen LogP contribution in [0.2, 0.25) is 0 Å². The Morgan fingerprint density at radius 1 is 0.889 bits per heavy atom. The molecule has 3 aromatic carbocycles. The lowest BCUT2D eigenvalue weighted by Crippen LogP contribution is -2.13. The number of hydrogen-bond donors (Lipinski definition) is 1. The first-order chi connectivity index (χ1) is 17.1. The number of carbonyl (C=O) groups is 2. The molecule has 0 saturated carbocycles. The van der Waals surface area contributed by atoms with E-state index in [1.807, 2.05) is 60.9 Å². The van der Waals surface area contributed by atoms with E-state index < -0.39 is 15.8 Å². The van der Waals surface area contributed by atoms with Gasteiger partial charge in [-0.05, 0) is 67.9 Å². The second-order valence-corrected chi connectivity index (χ2v) is 10.5. The van der Waals surface area contributed by atoms with E-state index in [9.17, 15) is 18.0 Å². The van der Waals surface area contributed by atoms with Gasteiger partial charge in [0.15, 0.2) is 9.84 Å². The Bertz CT molecular complexity index is 1550. The highest BCUT2D eigenvalue weighted by Gasteiger charge is 2.19. The van der Waals surface area contributed by atoms with E-state index in [0.29, 0.717) is 16.8 Å². The first-order valence-electron chi connectivity index (χ1n) is 11.2. The van der Waals surface area contributed by atoms with Gasteiger partial charge in [-0.25, -0.2) is 13.2 Å². The zero-order valence-electron chi connectivity index (χ0n) is 20.4. The van der Waals surface area contributed by atoms with Crippen LogP contribution in [0.15, 0.2) is 83.8 Å². The fourth-order valence-corrected chi connectivity index (χ4v) is 4.79. The minimum absolute atomic E-state index is 0.190. The molecule has 0 aliphatic heterocycles. The lowest BCUT2D eigenvalue weighted by molar-refractivity contribution is 0.0600. The standard InChI is InChI=1S/C28H26N2O5S/c1-18-17-25(27(31)29-22-13-15-23(16-14-22)36(4,33)34)19(2)30(18)26-8-6-5-7-24(26)20-9-11-21(12-10-20)28(32)35-3/h5-17H,1-4H3,(H,29,31). The molecule has 0 saturated heterocycles. The van der Waals surface area contributed by atoms with Crippen molar-refractivity contribution in [2.24, 2.45) is 0 Å². The summed E-state index contributed by atoms with van der Waals surface area (Å²) in [5.74, 6) is -0.685. The number of sulfone groups is 1. The number of carbonyl (C=O) groups excluding carboxylic acids is 2. The molecule has 1 aromatic heterocycles. The molecule has 4 aromatic rings. The van der Waals surface area contributed by atoms with Crippen molar-refractivity contribution < 1.29 is 22.7 Å². The highest BCUT2D eigenvalue weighted by molar-refractivity contribution is 7.90. The third kappa shape index (κ3) is 4.94. The molecule has 0 unspecified atom stereocenters. The maximum absolute atomic E-state index is 13.1. The first kappa shape index (κ1) is 24.9. The van der Waals surface area contributed by atoms with E-state index in [0.717, 1.165) is 34.5 Å². The Kier molecular flexibility index (Phi) is 6.81. The molecule has 0 atom stereocenters. The third-order valence-corrected chi connectivity index (χ3v) is 7.11. The van der Waals surface area contributed by atoms with E-state index in [2.05, 4.69) is 5.32 Å². The molecule has 0 aliphatic carbocycles. The van der Waals surface area contributed by atoms with E-state index in [-0.39, 0.29) is 10.8 Å². The van der Waals surface area contributed by atoms with Crippen molar-refractivity contribution in [3.8, 4) is 16.8 Å². The summed E-state index contributed by atoms with van der Waals surface area (Å²) in [5.41, 5.74) is 5.88. The summed E-state index contributed by atoms with van der Waals surface area (Å²) in [6, 6.07) is 22.9. The molecule has 1 amide bonds. The highest BCUT2D eigenvalue weighted by atomic mass is 32.2. The van der Waals surface area contributed by atoms with Gasteiger partial charge in [0, 0.05) is 28.9 Å². The molecular formula is C28H26N2O5S. The molecule has 36 heavy (non-hydrogen) atoms. The van der Waals surface area contributed by atoms with Crippen molar-refractivity contribution in [3.63, 3.8) is 0 Å². The van der Waals surface area contributed by atoms with Gasteiger partial charge in [0.25, 0.3) is 5.91 Å². The van der Waals surface area contributed by atoms with Crippen molar-refractivity contribution in [2.45, 2.75) is 18.7 Å².